The van der Waals surface area contributed by atoms with Gasteiger partial charge in [-0.3, -0.25) is 4.79 Å². The van der Waals surface area contributed by atoms with Crippen LogP contribution < -0.4 is 0 Å². The zero-order valence-electron chi connectivity index (χ0n) is 17.1. The summed E-state index contributed by atoms with van der Waals surface area (Å²) in [6.45, 7) is 6.62. The number of ether oxygens (including phenoxy) is 2. The van der Waals surface area contributed by atoms with Crippen molar-refractivity contribution < 1.29 is 18.8 Å². The summed E-state index contributed by atoms with van der Waals surface area (Å²) >= 11 is 0. The highest BCUT2D eigenvalue weighted by Crippen LogP contribution is 2.36. The number of benzene rings is 1. The topological polar surface area (TPSA) is 64.8 Å². The number of carbonyl (C=O) groups is 1. The Kier molecular flexibility index (Phi) is 6.31. The van der Waals surface area contributed by atoms with Crippen LogP contribution in [0.1, 0.15) is 31.9 Å². The first-order valence-corrected chi connectivity index (χ1v) is 10.7. The molecular formula is C23H30N2O4. The van der Waals surface area contributed by atoms with Gasteiger partial charge in [0.15, 0.2) is 0 Å². The molecule has 0 bridgehead atoms. The van der Waals surface area contributed by atoms with Gasteiger partial charge in [-0.15, -0.1) is 0 Å². The number of hydrogen-bond donors (Lipinski definition) is 0. The molecule has 0 radical (unpaired) electrons. The average Bonchev–Trinajstić information content (AvgIpc) is 3.41. The number of aromatic nitrogens is 1. The number of carbonyl (C=O) groups excluding carboxylic acids is 1. The molecule has 4 rings (SSSR count). The van der Waals surface area contributed by atoms with E-state index in [9.17, 15) is 4.79 Å². The predicted molar refractivity (Wildman–Crippen MR) is 109 cm³/mol. The number of nitrogens with zero attached hydrogens (tertiary/aromatic N) is 2. The zero-order chi connectivity index (χ0) is 20.1. The Labute approximate surface area is 172 Å². The third-order valence-electron chi connectivity index (χ3n) is 6.05. The van der Waals surface area contributed by atoms with E-state index in [1.54, 1.807) is 0 Å². The lowest BCUT2D eigenvalue weighted by Crippen LogP contribution is -2.50. The van der Waals surface area contributed by atoms with Gasteiger partial charge in [-0.2, -0.15) is 0 Å². The van der Waals surface area contributed by atoms with Crippen molar-refractivity contribution in [1.82, 2.24) is 10.1 Å². The van der Waals surface area contributed by atoms with E-state index < -0.39 is 5.41 Å². The van der Waals surface area contributed by atoms with Crippen molar-refractivity contribution in [2.75, 3.05) is 39.5 Å². The quantitative estimate of drug-likeness (QED) is 0.665. The van der Waals surface area contributed by atoms with E-state index in [0.717, 1.165) is 62.6 Å². The minimum Gasteiger partial charge on any atom is -0.466 e. The Hall–Kier alpha value is -2.18. The molecule has 2 saturated heterocycles. The SMILES string of the molecule is CCOC(=O)[C@@]1(Cc2cc(-c3ccccc3)no2)CCCN(C[C@@H]2CCOC2)C1. The van der Waals surface area contributed by atoms with E-state index >= 15 is 0 Å². The maximum absolute atomic E-state index is 13.0. The molecule has 1 aromatic carbocycles. The molecule has 29 heavy (non-hydrogen) atoms. The summed E-state index contributed by atoms with van der Waals surface area (Å²) in [6, 6.07) is 11.9. The summed E-state index contributed by atoms with van der Waals surface area (Å²) in [5.74, 6) is 1.18. The van der Waals surface area contributed by atoms with Crippen LogP contribution in [0.5, 0.6) is 0 Å². The first-order valence-electron chi connectivity index (χ1n) is 10.7. The minimum atomic E-state index is -0.582. The van der Waals surface area contributed by atoms with Crippen molar-refractivity contribution in [3.63, 3.8) is 0 Å². The molecule has 0 aliphatic carbocycles. The van der Waals surface area contributed by atoms with E-state index in [2.05, 4.69) is 10.1 Å². The second kappa shape index (κ2) is 9.09. The monoisotopic (exact) mass is 398 g/mol. The van der Waals surface area contributed by atoms with Gasteiger partial charge in [0.1, 0.15) is 11.5 Å². The van der Waals surface area contributed by atoms with E-state index in [1.807, 2.05) is 43.3 Å². The second-order valence-corrected chi connectivity index (χ2v) is 8.29. The molecular weight excluding hydrogens is 368 g/mol. The van der Waals surface area contributed by atoms with Crippen molar-refractivity contribution in [2.24, 2.45) is 11.3 Å². The van der Waals surface area contributed by atoms with Gasteiger partial charge in [0.05, 0.1) is 18.6 Å². The second-order valence-electron chi connectivity index (χ2n) is 8.29. The van der Waals surface area contributed by atoms with Crippen LogP contribution in [0.25, 0.3) is 11.3 Å². The molecule has 0 amide bonds. The molecule has 6 heteroatoms. The fraction of sp³-hybridized carbons (Fsp3) is 0.565. The van der Waals surface area contributed by atoms with Gasteiger partial charge in [-0.25, -0.2) is 0 Å². The minimum absolute atomic E-state index is 0.120. The first kappa shape index (κ1) is 20.1. The number of likely N-dealkylation sites (tertiary alicyclic amines) is 1. The third-order valence-corrected chi connectivity index (χ3v) is 6.05. The smallest absolute Gasteiger partial charge is 0.313 e. The predicted octanol–water partition coefficient (Wildman–Crippen LogP) is 3.57. The Morgan fingerprint density at radius 1 is 1.34 bits per heavy atom. The highest BCUT2D eigenvalue weighted by atomic mass is 16.5. The average molecular weight is 399 g/mol. The molecule has 1 aromatic heterocycles. The molecule has 0 saturated carbocycles. The molecule has 0 spiro atoms. The van der Waals surface area contributed by atoms with Crippen molar-refractivity contribution in [2.45, 2.75) is 32.6 Å². The molecule has 2 fully saturated rings. The molecule has 156 valence electrons. The van der Waals surface area contributed by atoms with Crippen LogP contribution in [0.3, 0.4) is 0 Å². The maximum Gasteiger partial charge on any atom is 0.313 e. The molecule has 3 heterocycles. The Morgan fingerprint density at radius 3 is 2.97 bits per heavy atom. The molecule has 2 aromatic rings. The van der Waals surface area contributed by atoms with Gasteiger partial charge in [-0.05, 0) is 38.6 Å². The van der Waals surface area contributed by atoms with Crippen LogP contribution in [0, 0.1) is 11.3 Å². The van der Waals surface area contributed by atoms with E-state index in [-0.39, 0.29) is 5.97 Å². The van der Waals surface area contributed by atoms with Gasteiger partial charge in [-0.1, -0.05) is 35.5 Å². The summed E-state index contributed by atoms with van der Waals surface area (Å²) < 4.78 is 16.7. The van der Waals surface area contributed by atoms with Crippen LogP contribution in [0.15, 0.2) is 40.9 Å². The van der Waals surface area contributed by atoms with Crippen LogP contribution in [0.4, 0.5) is 0 Å². The van der Waals surface area contributed by atoms with Crippen molar-refractivity contribution in [3.05, 3.63) is 42.2 Å². The normalized spacial score (nSPS) is 25.2. The van der Waals surface area contributed by atoms with Gasteiger partial charge in [0.25, 0.3) is 0 Å². The fourth-order valence-corrected chi connectivity index (χ4v) is 4.62. The number of hydrogen-bond acceptors (Lipinski definition) is 6. The third kappa shape index (κ3) is 4.70. The first-order chi connectivity index (χ1) is 14.2. The molecule has 2 aliphatic rings. The zero-order valence-corrected chi connectivity index (χ0v) is 17.1. The lowest BCUT2D eigenvalue weighted by molar-refractivity contribution is -0.159. The number of rotatable bonds is 7. The van der Waals surface area contributed by atoms with Gasteiger partial charge in [0, 0.05) is 37.7 Å². The summed E-state index contributed by atoms with van der Waals surface area (Å²) in [5.41, 5.74) is 1.23. The molecule has 6 nitrogen and oxygen atoms in total. The summed E-state index contributed by atoms with van der Waals surface area (Å²) in [7, 11) is 0. The van der Waals surface area contributed by atoms with Crippen LogP contribution in [0.2, 0.25) is 0 Å². The fourth-order valence-electron chi connectivity index (χ4n) is 4.62. The highest BCUT2D eigenvalue weighted by molar-refractivity contribution is 5.77. The molecule has 2 atom stereocenters. The van der Waals surface area contributed by atoms with E-state index in [1.165, 1.54) is 0 Å². The largest absolute Gasteiger partial charge is 0.466 e. The Balaban J connectivity index is 1.52. The lowest BCUT2D eigenvalue weighted by Gasteiger charge is -2.41. The summed E-state index contributed by atoms with van der Waals surface area (Å²) in [4.78, 5) is 15.5. The van der Waals surface area contributed by atoms with Crippen LogP contribution in [-0.2, 0) is 20.7 Å². The molecule has 0 N–H and O–H groups in total. The Bertz CT molecular complexity index is 800. The number of esters is 1. The summed E-state index contributed by atoms with van der Waals surface area (Å²) in [6.07, 6.45) is 3.41. The highest BCUT2D eigenvalue weighted by Gasteiger charge is 2.45. The van der Waals surface area contributed by atoms with Crippen LogP contribution >= 0.6 is 0 Å². The van der Waals surface area contributed by atoms with Crippen molar-refractivity contribution in [1.29, 1.82) is 0 Å². The van der Waals surface area contributed by atoms with Crippen molar-refractivity contribution in [3.8, 4) is 11.3 Å². The van der Waals surface area contributed by atoms with Gasteiger partial charge < -0.3 is 18.9 Å². The number of piperidine rings is 1. The Morgan fingerprint density at radius 2 is 2.21 bits per heavy atom. The maximum atomic E-state index is 13.0. The van der Waals surface area contributed by atoms with E-state index in [0.29, 0.717) is 25.5 Å². The van der Waals surface area contributed by atoms with Crippen molar-refractivity contribution >= 4 is 5.97 Å². The van der Waals surface area contributed by atoms with E-state index in [4.69, 9.17) is 14.0 Å². The van der Waals surface area contributed by atoms with Crippen LogP contribution in [-0.4, -0.2) is 55.5 Å². The molecule has 2 aliphatic heterocycles. The standard InChI is InChI=1S/C23H30N2O4/c1-2-28-22(26)23(10-6-11-25(17-23)15-18-9-12-27-16-18)14-20-13-21(24-29-20)19-7-4-3-5-8-19/h3-5,7-8,13,18H,2,6,9-12,14-17H2,1H3/t18-,23+/m0/s1. The van der Waals surface area contributed by atoms with Gasteiger partial charge in [0.2, 0.25) is 0 Å². The van der Waals surface area contributed by atoms with Gasteiger partial charge >= 0.3 is 5.97 Å². The lowest BCUT2D eigenvalue weighted by atomic mass is 9.76. The molecule has 0 unspecified atom stereocenters. The summed E-state index contributed by atoms with van der Waals surface area (Å²) in [5, 5.41) is 4.23.